The summed E-state index contributed by atoms with van der Waals surface area (Å²) in [4.78, 5) is -10.3. The van der Waals surface area contributed by atoms with E-state index in [1.165, 1.54) is 0 Å². The lowest BCUT2D eigenvalue weighted by atomic mass is 10.1. The third-order valence-corrected chi connectivity index (χ3v) is 16.1. The highest BCUT2D eigenvalue weighted by Crippen LogP contribution is 2.60. The SMILES string of the molecule is Nc1c(N=Nc2c(S(O)(O)O)cc(OCCOS(=O)(=O)O)cc2S(O)(O)O)c(S(=O)(=O)O)cc2cc(S(O)(O)O)c(N=Nc3c(S(O)(O)O)cc(S(=O)(=O)CCOS(O)(O)O)cc3S(=O)(=O)O)c(O)c12. The highest BCUT2D eigenvalue weighted by molar-refractivity contribution is 8.20. The Hall–Kier alpha value is -3.51. The Labute approximate surface area is 399 Å². The summed E-state index contributed by atoms with van der Waals surface area (Å²) in [5.41, 5.74) is -0.920. The molecule has 0 aliphatic carbocycles. The van der Waals surface area contributed by atoms with Crippen molar-refractivity contribution < 1.29 is 134 Å². The van der Waals surface area contributed by atoms with Crippen LogP contribution in [0.3, 0.4) is 0 Å². The molecule has 0 saturated heterocycles. The quantitative estimate of drug-likeness (QED) is 0.0185. The molecule has 0 spiro atoms. The van der Waals surface area contributed by atoms with Crippen LogP contribution in [-0.2, 0) is 48.8 Å². The fourth-order valence-corrected chi connectivity index (χ4v) is 11.6. The van der Waals surface area contributed by atoms with Crippen molar-refractivity contribution in [1.82, 2.24) is 0 Å². The fraction of sp³-hybridized carbons (Fsp3) is 0.154. The first-order valence-corrected chi connectivity index (χ1v) is 30.1. The molecular weight excluding hydrogens is 1150 g/mol. The molecule has 0 fully saturated rings. The maximum absolute atomic E-state index is 13.0. The van der Waals surface area contributed by atoms with Crippen molar-refractivity contribution in [3.05, 3.63) is 36.4 Å². The van der Waals surface area contributed by atoms with Crippen LogP contribution in [0.4, 0.5) is 28.4 Å². The van der Waals surface area contributed by atoms with Gasteiger partial charge in [-0.25, -0.2) is 12.6 Å². The first-order chi connectivity index (χ1) is 31.3. The van der Waals surface area contributed by atoms with Gasteiger partial charge in [-0.05, 0) is 29.7 Å². The lowest BCUT2D eigenvalue weighted by molar-refractivity contribution is 0.201. The molecule has 21 N–H and O–H groups in total. The summed E-state index contributed by atoms with van der Waals surface area (Å²) in [7, 11) is -42.7. The summed E-state index contributed by atoms with van der Waals surface area (Å²) in [6.45, 7) is -3.02. The van der Waals surface area contributed by atoms with E-state index in [1.807, 2.05) is 0 Å². The van der Waals surface area contributed by atoms with E-state index in [-0.39, 0.29) is 12.1 Å². The Morgan fingerprint density at radius 3 is 1.29 bits per heavy atom. The zero-order chi connectivity index (χ0) is 53.8. The van der Waals surface area contributed by atoms with Gasteiger partial charge in [0.1, 0.15) is 95.0 Å². The largest absolute Gasteiger partial charge is 0.505 e. The molecule has 0 aliphatic rings. The van der Waals surface area contributed by atoms with Crippen molar-refractivity contribution in [3.63, 3.8) is 0 Å². The van der Waals surface area contributed by atoms with Gasteiger partial charge in [-0.2, -0.15) is 25.3 Å². The van der Waals surface area contributed by atoms with Gasteiger partial charge in [-0.15, -0.1) is 20.5 Å². The number of aromatic hydroxyl groups is 1. The first kappa shape index (κ1) is 59.1. The molecule has 0 atom stereocenters. The van der Waals surface area contributed by atoms with Crippen molar-refractivity contribution in [2.75, 3.05) is 31.3 Å². The molecule has 44 heteroatoms. The smallest absolute Gasteiger partial charge is 0.397 e. The van der Waals surface area contributed by atoms with Crippen LogP contribution in [0, 0.1) is 0 Å². The van der Waals surface area contributed by atoms with E-state index < -0.39 is 206 Å². The number of phenolic OH excluding ortho intramolecular Hbond substituents is 1. The van der Waals surface area contributed by atoms with Crippen molar-refractivity contribution in [2.24, 2.45) is 20.5 Å². The number of fused-ring (bicyclic) bond motifs is 1. The maximum atomic E-state index is 13.0. The maximum Gasteiger partial charge on any atom is 0.397 e. The van der Waals surface area contributed by atoms with Crippen LogP contribution >= 0.6 is 54.6 Å². The van der Waals surface area contributed by atoms with Crippen LogP contribution in [-0.4, -0.2) is 146 Å². The molecule has 35 nitrogen and oxygen atoms in total. The molecule has 0 amide bonds. The number of benzene rings is 4. The first-order valence-electron chi connectivity index (χ1n) is 16.8. The number of hydrogen-bond acceptors (Lipinski definition) is 32. The third-order valence-electron chi connectivity index (χ3n) is 8.11. The molecule has 0 aliphatic heterocycles. The van der Waals surface area contributed by atoms with Gasteiger partial charge in [0.25, 0.3) is 20.2 Å². The number of ether oxygens (including phenoxy) is 1. The average molecular weight is 1190 g/mol. The Morgan fingerprint density at radius 1 is 0.457 bits per heavy atom. The molecule has 0 aromatic heterocycles. The number of sulfone groups is 1. The Morgan fingerprint density at radius 2 is 0.843 bits per heavy atom. The van der Waals surface area contributed by atoms with Gasteiger partial charge in [-0.1, -0.05) is 0 Å². The summed E-state index contributed by atoms with van der Waals surface area (Å²) < 4.78 is 290. The molecule has 0 unspecified atom stereocenters. The summed E-state index contributed by atoms with van der Waals surface area (Å²) in [5, 5.41) is 23.1. The molecule has 4 aromatic rings. The van der Waals surface area contributed by atoms with E-state index in [9.17, 15) is 103 Å². The number of anilines is 1. The van der Waals surface area contributed by atoms with Crippen molar-refractivity contribution in [3.8, 4) is 11.5 Å². The van der Waals surface area contributed by atoms with Crippen LogP contribution in [0.5, 0.6) is 11.5 Å². The number of nitrogens with zero attached hydrogens (tertiary/aromatic N) is 4. The summed E-state index contributed by atoms with van der Waals surface area (Å²) in [6.07, 6.45) is 0. The van der Waals surface area contributed by atoms with E-state index in [4.69, 9.17) is 28.7 Å². The van der Waals surface area contributed by atoms with Crippen LogP contribution in [0.2, 0.25) is 0 Å². The van der Waals surface area contributed by atoms with E-state index in [1.54, 1.807) is 0 Å². The molecule has 0 saturated carbocycles. The van der Waals surface area contributed by atoms with Crippen LogP contribution < -0.4 is 10.5 Å². The minimum Gasteiger partial charge on any atom is -0.505 e. The van der Waals surface area contributed by atoms with E-state index in [2.05, 4.69) is 28.8 Å². The topological polar surface area (TPSA) is 624 Å². The van der Waals surface area contributed by atoms with Gasteiger partial charge < -0.3 is 70.2 Å². The summed E-state index contributed by atoms with van der Waals surface area (Å²) in [6, 6.07) is 1.72. The predicted molar refractivity (Wildman–Crippen MR) is 242 cm³/mol. The second-order valence-electron chi connectivity index (χ2n) is 13.0. The second-order valence-corrected chi connectivity index (χ2v) is 26.0. The van der Waals surface area contributed by atoms with E-state index in [0.29, 0.717) is 24.3 Å². The lowest BCUT2D eigenvalue weighted by Gasteiger charge is -2.27. The third kappa shape index (κ3) is 14.8. The molecule has 0 radical (unpaired) electrons. The van der Waals surface area contributed by atoms with Crippen LogP contribution in [0.1, 0.15) is 0 Å². The normalized spacial score (nSPS) is 15.2. The number of nitrogens with two attached hydrogens (primary N) is 1. The Balaban J connectivity index is 2.08. The van der Waals surface area contributed by atoms with Gasteiger partial charge in [-0.3, -0.25) is 31.5 Å². The minimum atomic E-state index is -5.87. The highest BCUT2D eigenvalue weighted by atomic mass is 32.3. The lowest BCUT2D eigenvalue weighted by Crippen LogP contribution is -2.15. The van der Waals surface area contributed by atoms with Gasteiger partial charge in [0.05, 0.1) is 47.9 Å². The van der Waals surface area contributed by atoms with Crippen LogP contribution in [0.15, 0.2) is 91.1 Å². The Kier molecular flexibility index (Phi) is 17.2. The van der Waals surface area contributed by atoms with E-state index in [0.717, 1.165) is 0 Å². The highest BCUT2D eigenvalue weighted by Gasteiger charge is 2.35. The van der Waals surface area contributed by atoms with Crippen molar-refractivity contribution >= 4 is 134 Å². The monoisotopic (exact) mass is 1180 g/mol. The molecule has 398 valence electrons. The van der Waals surface area contributed by atoms with Gasteiger partial charge in [0, 0.05) is 12.1 Å². The minimum absolute atomic E-state index is 0.0452. The van der Waals surface area contributed by atoms with Crippen molar-refractivity contribution in [1.29, 1.82) is 0 Å². The standard InChI is InChI=1S/C26H35N5O30S9/c27-21-20-11(5-14(63(35,36)37)24(21)30-28-22-16(65(41,42)43)7-12(8-17(22)66(44,45)46)59-1-2-60-69(53,54)55)6-15(64(38,39)40)25(26(20)32)31-29-23-18(67(47,48)49)9-13(10-19(23)68(50,51)52)62(33,34)4-3-61-70(56,57)58/h5-10,32,38-49,56-58H,1-4,27H2,(H,35,36,37)(H,50,51,52)(H,53,54,55). The Bertz CT molecular complexity index is 3200. The van der Waals surface area contributed by atoms with Gasteiger partial charge in [0.15, 0.2) is 15.6 Å². The number of azo groups is 2. The molecular formula is C26H35N5O30S9. The van der Waals surface area contributed by atoms with E-state index >= 15 is 0 Å². The molecule has 4 aromatic carbocycles. The predicted octanol–water partition coefficient (Wildman–Crippen LogP) is 6.91. The zero-order valence-corrected chi connectivity index (χ0v) is 40.7. The number of nitrogen functional groups attached to an aromatic ring is 1. The summed E-state index contributed by atoms with van der Waals surface area (Å²) in [5.74, 6) is -3.72. The molecule has 0 bridgehead atoms. The zero-order valence-electron chi connectivity index (χ0n) is 33.3. The average Bonchev–Trinajstić information content (AvgIpc) is 3.14. The molecule has 70 heavy (non-hydrogen) atoms. The number of phenols is 1. The fourth-order valence-electron chi connectivity index (χ4n) is 5.39. The van der Waals surface area contributed by atoms with Crippen LogP contribution in [0.25, 0.3) is 10.8 Å². The van der Waals surface area contributed by atoms with Gasteiger partial charge >= 0.3 is 10.4 Å². The molecule has 0 heterocycles. The summed E-state index contributed by atoms with van der Waals surface area (Å²) >= 11 is -4.76. The molecule has 4 rings (SSSR count). The van der Waals surface area contributed by atoms with Crippen molar-refractivity contribution in [2.45, 2.75) is 34.3 Å². The second kappa shape index (κ2) is 20.4. The van der Waals surface area contributed by atoms with Gasteiger partial charge in [0.2, 0.25) is 11.2 Å². The number of rotatable bonds is 20. The number of hydrogen-bond donors (Lipinski definition) is 20.